The lowest BCUT2D eigenvalue weighted by molar-refractivity contribution is 0.101. The number of hydrogen-bond donors (Lipinski definition) is 0. The first-order valence-electron chi connectivity index (χ1n) is 5.56. The Morgan fingerprint density at radius 2 is 1.94 bits per heavy atom. The molecule has 2 aromatic carbocycles. The van der Waals surface area contributed by atoms with Crippen LogP contribution >= 0.6 is 15.9 Å². The number of rotatable bonds is 3. The highest BCUT2D eigenvalue weighted by Gasteiger charge is 2.08. The number of Topliss-reactive ketones (excluding diaryl/α,β-unsaturated/α-hetero) is 1. The molecule has 2 nitrogen and oxygen atoms in total. The van der Waals surface area contributed by atoms with Crippen molar-refractivity contribution in [2.75, 3.05) is 7.11 Å². The zero-order chi connectivity index (χ0) is 13.1. The Kier molecular flexibility index (Phi) is 3.82. The third kappa shape index (κ3) is 2.62. The first kappa shape index (κ1) is 12.8. The average Bonchev–Trinajstić information content (AvgIpc) is 2.38. The van der Waals surface area contributed by atoms with Crippen molar-refractivity contribution in [3.05, 3.63) is 52.5 Å². The van der Waals surface area contributed by atoms with Crippen molar-refractivity contribution in [2.24, 2.45) is 0 Å². The van der Waals surface area contributed by atoms with Gasteiger partial charge in [0.2, 0.25) is 0 Å². The molecule has 0 bridgehead atoms. The molecule has 0 aromatic heterocycles. The Hall–Kier alpha value is -1.61. The van der Waals surface area contributed by atoms with Crippen LogP contribution in [0.1, 0.15) is 17.3 Å². The van der Waals surface area contributed by atoms with Gasteiger partial charge in [-0.25, -0.2) is 0 Å². The van der Waals surface area contributed by atoms with Gasteiger partial charge in [0.15, 0.2) is 5.78 Å². The third-order valence-electron chi connectivity index (χ3n) is 2.74. The number of ketones is 1. The largest absolute Gasteiger partial charge is 0.496 e. The molecule has 3 heteroatoms. The molecule has 2 rings (SSSR count). The van der Waals surface area contributed by atoms with Crippen LogP contribution in [0.3, 0.4) is 0 Å². The Labute approximate surface area is 115 Å². The van der Waals surface area contributed by atoms with Gasteiger partial charge in [0.1, 0.15) is 5.75 Å². The van der Waals surface area contributed by atoms with Crippen molar-refractivity contribution in [3.63, 3.8) is 0 Å². The minimum absolute atomic E-state index is 0.0629. The first-order valence-corrected chi connectivity index (χ1v) is 6.36. The number of hydrogen-bond acceptors (Lipinski definition) is 2. The van der Waals surface area contributed by atoms with Crippen LogP contribution in [0.4, 0.5) is 0 Å². The van der Waals surface area contributed by atoms with Crippen LogP contribution in [0, 0.1) is 0 Å². The minimum Gasteiger partial charge on any atom is -0.496 e. The molecule has 0 fully saturated rings. The number of benzene rings is 2. The summed E-state index contributed by atoms with van der Waals surface area (Å²) in [5.74, 6) is 0.845. The fourth-order valence-electron chi connectivity index (χ4n) is 1.81. The number of carbonyl (C=O) groups is 1. The standard InChI is InChI=1S/C15H13BrO2/c1-10(17)11-4-3-5-12(8-11)14-7-6-13(16)9-15(14)18-2/h3-9H,1-2H3. The van der Waals surface area contributed by atoms with E-state index in [0.29, 0.717) is 5.56 Å². The van der Waals surface area contributed by atoms with Gasteiger partial charge in [-0.1, -0.05) is 34.1 Å². The van der Waals surface area contributed by atoms with E-state index in [4.69, 9.17) is 4.74 Å². The van der Waals surface area contributed by atoms with Crippen molar-refractivity contribution in [1.29, 1.82) is 0 Å². The summed E-state index contributed by atoms with van der Waals surface area (Å²) in [6.45, 7) is 1.57. The van der Waals surface area contributed by atoms with Crippen molar-refractivity contribution >= 4 is 21.7 Å². The Balaban J connectivity index is 2.54. The highest BCUT2D eigenvalue weighted by Crippen LogP contribution is 2.32. The van der Waals surface area contributed by atoms with Gasteiger partial charge in [-0.2, -0.15) is 0 Å². The van der Waals surface area contributed by atoms with E-state index in [1.165, 1.54) is 0 Å². The van der Waals surface area contributed by atoms with Crippen molar-refractivity contribution in [1.82, 2.24) is 0 Å². The van der Waals surface area contributed by atoms with E-state index in [1.54, 1.807) is 14.0 Å². The van der Waals surface area contributed by atoms with Gasteiger partial charge in [-0.05, 0) is 36.8 Å². The van der Waals surface area contributed by atoms with Crippen LogP contribution in [0.25, 0.3) is 11.1 Å². The fraction of sp³-hybridized carbons (Fsp3) is 0.133. The van der Waals surface area contributed by atoms with Gasteiger partial charge in [-0.3, -0.25) is 4.79 Å². The number of ether oxygens (including phenoxy) is 1. The summed E-state index contributed by atoms with van der Waals surface area (Å²) < 4.78 is 6.33. The quantitative estimate of drug-likeness (QED) is 0.789. The molecule has 0 saturated heterocycles. The molecule has 2 aromatic rings. The number of methoxy groups -OCH3 is 1. The van der Waals surface area contributed by atoms with Crippen LogP contribution in [0.5, 0.6) is 5.75 Å². The molecule has 92 valence electrons. The summed E-state index contributed by atoms with van der Waals surface area (Å²) in [6.07, 6.45) is 0. The minimum atomic E-state index is 0.0629. The molecule has 18 heavy (non-hydrogen) atoms. The van der Waals surface area contributed by atoms with Crippen LogP contribution in [-0.2, 0) is 0 Å². The highest BCUT2D eigenvalue weighted by atomic mass is 79.9. The first-order chi connectivity index (χ1) is 8.61. The van der Waals surface area contributed by atoms with Gasteiger partial charge >= 0.3 is 0 Å². The molecule has 0 atom stereocenters. The van der Waals surface area contributed by atoms with E-state index in [2.05, 4.69) is 15.9 Å². The Morgan fingerprint density at radius 1 is 1.17 bits per heavy atom. The molecule has 0 aliphatic rings. The van der Waals surface area contributed by atoms with Crippen LogP contribution < -0.4 is 4.74 Å². The predicted molar refractivity (Wildman–Crippen MR) is 76.1 cm³/mol. The molecule has 0 spiro atoms. The van der Waals surface area contributed by atoms with Crippen LogP contribution in [0.15, 0.2) is 46.9 Å². The molecule has 0 radical (unpaired) electrons. The lowest BCUT2D eigenvalue weighted by atomic mass is 10.0. The SMILES string of the molecule is COc1cc(Br)ccc1-c1cccc(C(C)=O)c1. The lowest BCUT2D eigenvalue weighted by Crippen LogP contribution is -1.93. The maximum absolute atomic E-state index is 11.4. The van der Waals surface area contributed by atoms with Gasteiger partial charge in [0, 0.05) is 15.6 Å². The van der Waals surface area contributed by atoms with Gasteiger partial charge < -0.3 is 4.74 Å². The second-order valence-corrected chi connectivity index (χ2v) is 4.90. The summed E-state index contributed by atoms with van der Waals surface area (Å²) in [5.41, 5.74) is 2.66. The van der Waals surface area contributed by atoms with E-state index in [-0.39, 0.29) is 5.78 Å². The van der Waals surface area contributed by atoms with E-state index >= 15 is 0 Å². The normalized spacial score (nSPS) is 10.2. The number of halogens is 1. The van der Waals surface area contributed by atoms with Crippen molar-refractivity contribution in [3.8, 4) is 16.9 Å². The maximum atomic E-state index is 11.4. The molecule has 0 aliphatic heterocycles. The zero-order valence-corrected chi connectivity index (χ0v) is 11.8. The van der Waals surface area contributed by atoms with Crippen molar-refractivity contribution in [2.45, 2.75) is 6.92 Å². The van der Waals surface area contributed by atoms with Gasteiger partial charge in [0.25, 0.3) is 0 Å². The number of carbonyl (C=O) groups excluding carboxylic acids is 1. The molecular weight excluding hydrogens is 292 g/mol. The molecular formula is C15H13BrO2. The van der Waals surface area contributed by atoms with Crippen LogP contribution in [0.2, 0.25) is 0 Å². The van der Waals surface area contributed by atoms with Gasteiger partial charge in [-0.15, -0.1) is 0 Å². The van der Waals surface area contributed by atoms with E-state index in [0.717, 1.165) is 21.3 Å². The topological polar surface area (TPSA) is 26.3 Å². The second kappa shape index (κ2) is 5.36. The Morgan fingerprint density at radius 3 is 2.61 bits per heavy atom. The highest BCUT2D eigenvalue weighted by molar-refractivity contribution is 9.10. The van der Waals surface area contributed by atoms with E-state index in [9.17, 15) is 4.79 Å². The van der Waals surface area contributed by atoms with Crippen molar-refractivity contribution < 1.29 is 9.53 Å². The molecule has 0 heterocycles. The molecule has 0 N–H and O–H groups in total. The molecule has 0 aliphatic carbocycles. The zero-order valence-electron chi connectivity index (χ0n) is 10.2. The fourth-order valence-corrected chi connectivity index (χ4v) is 2.15. The summed E-state index contributed by atoms with van der Waals surface area (Å²) in [4.78, 5) is 11.4. The third-order valence-corrected chi connectivity index (χ3v) is 3.24. The summed E-state index contributed by atoms with van der Waals surface area (Å²) in [6, 6.07) is 13.4. The predicted octanol–water partition coefficient (Wildman–Crippen LogP) is 4.33. The van der Waals surface area contributed by atoms with Gasteiger partial charge in [0.05, 0.1) is 7.11 Å². The summed E-state index contributed by atoms with van der Waals surface area (Å²) in [5, 5.41) is 0. The maximum Gasteiger partial charge on any atom is 0.159 e. The summed E-state index contributed by atoms with van der Waals surface area (Å²) >= 11 is 3.41. The molecule has 0 unspecified atom stereocenters. The van der Waals surface area contributed by atoms with E-state index in [1.807, 2.05) is 42.5 Å². The average molecular weight is 305 g/mol. The van der Waals surface area contributed by atoms with E-state index < -0.39 is 0 Å². The molecule has 0 amide bonds. The lowest BCUT2D eigenvalue weighted by Gasteiger charge is -2.10. The Bertz CT molecular complexity index is 591. The smallest absolute Gasteiger partial charge is 0.159 e. The monoisotopic (exact) mass is 304 g/mol. The second-order valence-electron chi connectivity index (χ2n) is 3.98. The van der Waals surface area contributed by atoms with Crippen LogP contribution in [-0.4, -0.2) is 12.9 Å². The molecule has 0 saturated carbocycles. The summed E-state index contributed by atoms with van der Waals surface area (Å²) in [7, 11) is 1.64.